The number of hydrogen-bond acceptors (Lipinski definition) is 3. The molecule has 92 valence electrons. The first-order valence-electron chi connectivity index (χ1n) is 6.53. The molecule has 16 heavy (non-hydrogen) atoms. The maximum atomic E-state index is 11.9. The van der Waals surface area contributed by atoms with Crippen molar-refractivity contribution in [3.63, 3.8) is 0 Å². The average molecular weight is 225 g/mol. The van der Waals surface area contributed by atoms with Crippen molar-refractivity contribution in [1.29, 1.82) is 0 Å². The van der Waals surface area contributed by atoms with E-state index in [1.165, 1.54) is 25.7 Å². The molecule has 1 atom stereocenters. The monoisotopic (exact) mass is 225 g/mol. The van der Waals surface area contributed by atoms with E-state index < -0.39 is 0 Å². The van der Waals surface area contributed by atoms with Crippen LogP contribution in [0.4, 0.5) is 0 Å². The maximum Gasteiger partial charge on any atom is 0.224 e. The van der Waals surface area contributed by atoms with Gasteiger partial charge in [-0.05, 0) is 44.7 Å². The van der Waals surface area contributed by atoms with E-state index in [9.17, 15) is 4.79 Å². The van der Waals surface area contributed by atoms with Crippen LogP contribution >= 0.6 is 0 Å². The number of likely N-dealkylation sites (tertiary alicyclic amines) is 1. The molecular formula is C12H23N3O. The van der Waals surface area contributed by atoms with Gasteiger partial charge in [0.15, 0.2) is 0 Å². The maximum absolute atomic E-state index is 11.9. The summed E-state index contributed by atoms with van der Waals surface area (Å²) in [6.45, 7) is 3.65. The van der Waals surface area contributed by atoms with Crippen molar-refractivity contribution < 1.29 is 4.79 Å². The highest BCUT2D eigenvalue weighted by Gasteiger charge is 2.34. The van der Waals surface area contributed by atoms with Crippen LogP contribution in [0.15, 0.2) is 0 Å². The van der Waals surface area contributed by atoms with Crippen LogP contribution in [0.3, 0.4) is 0 Å². The molecule has 2 fully saturated rings. The van der Waals surface area contributed by atoms with E-state index in [0.717, 1.165) is 19.6 Å². The largest absolute Gasteiger partial charge is 0.339 e. The van der Waals surface area contributed by atoms with Gasteiger partial charge in [0.1, 0.15) is 0 Å². The van der Waals surface area contributed by atoms with Gasteiger partial charge >= 0.3 is 0 Å². The molecule has 2 heterocycles. The van der Waals surface area contributed by atoms with Gasteiger partial charge in [0.05, 0.1) is 0 Å². The molecule has 0 bridgehead atoms. The Bertz CT molecular complexity index is 238. The molecule has 2 rings (SSSR count). The Hall–Kier alpha value is -0.610. The van der Waals surface area contributed by atoms with Gasteiger partial charge in [-0.3, -0.25) is 4.79 Å². The fraction of sp³-hybridized carbons (Fsp3) is 0.917. The van der Waals surface area contributed by atoms with E-state index in [-0.39, 0.29) is 5.91 Å². The zero-order chi connectivity index (χ0) is 11.4. The lowest BCUT2D eigenvalue weighted by Crippen LogP contribution is -2.44. The first-order valence-corrected chi connectivity index (χ1v) is 6.53. The molecule has 4 nitrogen and oxygen atoms in total. The number of rotatable bonds is 3. The van der Waals surface area contributed by atoms with E-state index in [1.54, 1.807) is 0 Å². The Morgan fingerprint density at radius 3 is 2.75 bits per heavy atom. The molecule has 0 aliphatic carbocycles. The third-order valence-electron chi connectivity index (χ3n) is 3.91. The van der Waals surface area contributed by atoms with Crippen LogP contribution in [0, 0.1) is 5.92 Å². The predicted molar refractivity (Wildman–Crippen MR) is 64.0 cm³/mol. The number of nitrogens with one attached hydrogen (secondary N) is 1. The molecule has 0 aromatic carbocycles. The first kappa shape index (κ1) is 11.9. The molecule has 1 amide bonds. The summed E-state index contributed by atoms with van der Waals surface area (Å²) in [5.74, 6) is 0.981. The van der Waals surface area contributed by atoms with Gasteiger partial charge in [-0.15, -0.1) is 0 Å². The van der Waals surface area contributed by atoms with Crippen molar-refractivity contribution in [3.05, 3.63) is 0 Å². The summed E-state index contributed by atoms with van der Waals surface area (Å²) in [7, 11) is 0. The smallest absolute Gasteiger partial charge is 0.224 e. The number of piperidine rings is 1. The number of hydrogen-bond donors (Lipinski definition) is 2. The lowest BCUT2D eigenvalue weighted by molar-refractivity contribution is -0.132. The van der Waals surface area contributed by atoms with Crippen LogP contribution in [0.5, 0.6) is 0 Å². The van der Waals surface area contributed by atoms with Crippen molar-refractivity contribution in [2.24, 2.45) is 11.7 Å². The molecule has 2 saturated heterocycles. The van der Waals surface area contributed by atoms with Gasteiger partial charge < -0.3 is 16.0 Å². The fourth-order valence-corrected chi connectivity index (χ4v) is 3.09. The SMILES string of the molecule is NCCC(=O)N1CCCC1C1CCNCC1. The number of nitrogens with two attached hydrogens (primary N) is 1. The molecule has 0 aromatic rings. The van der Waals surface area contributed by atoms with Crippen LogP contribution in [-0.2, 0) is 4.79 Å². The zero-order valence-corrected chi connectivity index (χ0v) is 9.95. The number of carbonyl (C=O) groups is 1. The highest BCUT2D eigenvalue weighted by molar-refractivity contribution is 5.77. The Morgan fingerprint density at radius 2 is 2.06 bits per heavy atom. The molecule has 0 saturated carbocycles. The highest BCUT2D eigenvalue weighted by Crippen LogP contribution is 2.29. The van der Waals surface area contributed by atoms with Crippen LogP contribution in [-0.4, -0.2) is 43.0 Å². The second-order valence-corrected chi connectivity index (χ2v) is 4.92. The van der Waals surface area contributed by atoms with E-state index in [0.29, 0.717) is 24.9 Å². The standard InChI is InChI=1S/C12H23N3O/c13-6-3-12(16)15-9-1-2-11(15)10-4-7-14-8-5-10/h10-11,14H,1-9,13H2. The van der Waals surface area contributed by atoms with Gasteiger partial charge in [0.25, 0.3) is 0 Å². The molecule has 0 aromatic heterocycles. The Kier molecular flexibility index (Phi) is 4.18. The third-order valence-corrected chi connectivity index (χ3v) is 3.91. The van der Waals surface area contributed by atoms with Crippen molar-refractivity contribution in [1.82, 2.24) is 10.2 Å². The third kappa shape index (κ3) is 2.55. The van der Waals surface area contributed by atoms with E-state index >= 15 is 0 Å². The van der Waals surface area contributed by atoms with E-state index in [2.05, 4.69) is 10.2 Å². The molecular weight excluding hydrogens is 202 g/mol. The van der Waals surface area contributed by atoms with Gasteiger partial charge in [0.2, 0.25) is 5.91 Å². The molecule has 0 radical (unpaired) electrons. The Labute approximate surface area is 97.6 Å². The summed E-state index contributed by atoms with van der Waals surface area (Å²) in [6, 6.07) is 0.501. The predicted octanol–water partition coefficient (Wildman–Crippen LogP) is 0.326. The summed E-state index contributed by atoms with van der Waals surface area (Å²) in [6.07, 6.45) is 5.32. The minimum Gasteiger partial charge on any atom is -0.339 e. The molecule has 1 unspecified atom stereocenters. The van der Waals surface area contributed by atoms with Crippen LogP contribution < -0.4 is 11.1 Å². The summed E-state index contributed by atoms with van der Waals surface area (Å²) in [5, 5.41) is 3.38. The van der Waals surface area contributed by atoms with Gasteiger partial charge in [-0.1, -0.05) is 0 Å². The minimum absolute atomic E-state index is 0.267. The van der Waals surface area contributed by atoms with Crippen LogP contribution in [0.25, 0.3) is 0 Å². The van der Waals surface area contributed by atoms with E-state index in [1.807, 2.05) is 0 Å². The number of nitrogens with zero attached hydrogens (tertiary/aromatic N) is 1. The van der Waals surface area contributed by atoms with Crippen LogP contribution in [0.2, 0.25) is 0 Å². The summed E-state index contributed by atoms with van der Waals surface area (Å²) in [5.41, 5.74) is 5.46. The molecule has 2 aliphatic rings. The highest BCUT2D eigenvalue weighted by atomic mass is 16.2. The lowest BCUT2D eigenvalue weighted by atomic mass is 9.88. The van der Waals surface area contributed by atoms with Gasteiger partial charge in [0, 0.05) is 25.6 Å². The molecule has 4 heteroatoms. The van der Waals surface area contributed by atoms with E-state index in [4.69, 9.17) is 5.73 Å². The minimum atomic E-state index is 0.267. The zero-order valence-electron chi connectivity index (χ0n) is 9.95. The summed E-state index contributed by atoms with van der Waals surface area (Å²) in [4.78, 5) is 14.0. The second-order valence-electron chi connectivity index (χ2n) is 4.92. The normalized spacial score (nSPS) is 27.3. The van der Waals surface area contributed by atoms with Crippen molar-refractivity contribution >= 4 is 5.91 Å². The number of amides is 1. The van der Waals surface area contributed by atoms with Crippen molar-refractivity contribution in [2.45, 2.75) is 38.1 Å². The van der Waals surface area contributed by atoms with Crippen LogP contribution in [0.1, 0.15) is 32.1 Å². The summed E-state index contributed by atoms with van der Waals surface area (Å²) >= 11 is 0. The van der Waals surface area contributed by atoms with Gasteiger partial charge in [-0.2, -0.15) is 0 Å². The Balaban J connectivity index is 1.93. The Morgan fingerprint density at radius 1 is 1.31 bits per heavy atom. The molecule has 2 aliphatic heterocycles. The average Bonchev–Trinajstić information content (AvgIpc) is 2.79. The lowest BCUT2D eigenvalue weighted by Gasteiger charge is -2.34. The topological polar surface area (TPSA) is 58.4 Å². The fourth-order valence-electron chi connectivity index (χ4n) is 3.09. The van der Waals surface area contributed by atoms with Crippen molar-refractivity contribution in [2.75, 3.05) is 26.2 Å². The first-order chi connectivity index (χ1) is 7.83. The summed E-state index contributed by atoms with van der Waals surface area (Å²) < 4.78 is 0. The van der Waals surface area contributed by atoms with Crippen molar-refractivity contribution in [3.8, 4) is 0 Å². The molecule has 3 N–H and O–H groups in total. The second kappa shape index (κ2) is 5.64. The number of carbonyl (C=O) groups excluding carboxylic acids is 1. The quantitative estimate of drug-likeness (QED) is 0.727. The van der Waals surface area contributed by atoms with Gasteiger partial charge in [-0.25, -0.2) is 0 Å². The molecule has 0 spiro atoms.